The van der Waals surface area contributed by atoms with Crippen LogP contribution in [0.15, 0.2) is 65.4 Å². The molecule has 7 nitrogen and oxygen atoms in total. The topological polar surface area (TPSA) is 104 Å². The zero-order valence-electron chi connectivity index (χ0n) is 14.9. The van der Waals surface area contributed by atoms with Gasteiger partial charge in [0.15, 0.2) is 0 Å². The van der Waals surface area contributed by atoms with Crippen LogP contribution in [0.25, 0.3) is 10.6 Å². The molecular weight excluding hydrogens is 395 g/mol. The fourth-order valence-corrected chi connectivity index (χ4v) is 3.79. The maximum atomic E-state index is 12.9. The van der Waals surface area contributed by atoms with Crippen molar-refractivity contribution in [3.63, 3.8) is 0 Å². The molecule has 29 heavy (non-hydrogen) atoms. The molecule has 0 aliphatic carbocycles. The molecule has 0 fully saturated rings. The zero-order chi connectivity index (χ0) is 20.4. The monoisotopic (exact) mass is 410 g/mol. The van der Waals surface area contributed by atoms with E-state index in [-0.39, 0.29) is 18.0 Å². The molecule has 2 aromatic heterocycles. The van der Waals surface area contributed by atoms with Gasteiger partial charge in [0.25, 0.3) is 11.8 Å². The lowest BCUT2D eigenvalue weighted by Gasteiger charge is -2.23. The summed E-state index contributed by atoms with van der Waals surface area (Å²) >= 11 is 1.43. The van der Waals surface area contributed by atoms with Gasteiger partial charge in [0.1, 0.15) is 28.0 Å². The predicted octanol–water partition coefficient (Wildman–Crippen LogP) is 3.36. The second-order valence-corrected chi connectivity index (χ2v) is 7.17. The Kier molecular flexibility index (Phi) is 5.05. The highest BCUT2D eigenvalue weighted by molar-refractivity contribution is 7.13. The lowest BCUT2D eigenvalue weighted by atomic mass is 10.00. The van der Waals surface area contributed by atoms with Gasteiger partial charge in [-0.3, -0.25) is 9.59 Å². The Balaban J connectivity index is 1.51. The van der Waals surface area contributed by atoms with Crippen LogP contribution in [0, 0.1) is 5.82 Å². The molecule has 9 heteroatoms. The molecule has 1 aliphatic heterocycles. The molecule has 0 bridgehead atoms. The van der Waals surface area contributed by atoms with Gasteiger partial charge in [-0.1, -0.05) is 30.3 Å². The largest absolute Gasteiger partial charge is 0.511 e. The zero-order valence-corrected chi connectivity index (χ0v) is 15.7. The fourth-order valence-electron chi connectivity index (χ4n) is 2.91. The van der Waals surface area contributed by atoms with Crippen LogP contribution in [0.3, 0.4) is 0 Å². The van der Waals surface area contributed by atoms with Gasteiger partial charge in [0.2, 0.25) is 0 Å². The molecule has 2 amide bonds. The Labute approximate surface area is 169 Å². The highest BCUT2D eigenvalue weighted by Crippen LogP contribution is 2.31. The van der Waals surface area contributed by atoms with Crippen molar-refractivity contribution in [3.8, 4) is 10.6 Å². The number of halogens is 1. The number of rotatable bonds is 4. The third kappa shape index (κ3) is 3.99. The van der Waals surface area contributed by atoms with Crippen LogP contribution in [0.4, 0.5) is 10.2 Å². The highest BCUT2D eigenvalue weighted by Gasteiger charge is 2.33. The number of carbonyl (C=O) groups excluding carboxylic acids is 2. The molecular formula is C20H15FN4O3S. The Bertz CT molecular complexity index is 1100. The maximum Gasteiger partial charge on any atom is 0.265 e. The number of hydrogen-bond acceptors (Lipinski definition) is 6. The average Bonchev–Trinajstić information content (AvgIpc) is 3.20. The van der Waals surface area contributed by atoms with E-state index in [2.05, 4.69) is 20.6 Å². The number of carbonyl (C=O) groups is 2. The van der Waals surface area contributed by atoms with Gasteiger partial charge in [0, 0.05) is 17.4 Å². The number of nitrogens with one attached hydrogen (secondary N) is 2. The Morgan fingerprint density at radius 3 is 2.72 bits per heavy atom. The molecule has 4 rings (SSSR count). The standard InChI is InChI=1S/C20H15FN4O3S/c21-12-6-7-16(22-9-12)25-19(28)17-15(26)8-13(23-18(17)27)14-10-29-20(24-14)11-4-2-1-3-5-11/h1-7,9-10,13,26H,8H2,(H,23,27)(H,22,25,28). The van der Waals surface area contributed by atoms with Gasteiger partial charge < -0.3 is 15.7 Å². The van der Waals surface area contributed by atoms with Crippen molar-refractivity contribution in [3.05, 3.63) is 76.9 Å². The molecule has 1 aromatic carbocycles. The highest BCUT2D eigenvalue weighted by atomic mass is 32.1. The van der Waals surface area contributed by atoms with E-state index in [9.17, 15) is 19.1 Å². The van der Waals surface area contributed by atoms with Gasteiger partial charge in [0.05, 0.1) is 17.9 Å². The van der Waals surface area contributed by atoms with Gasteiger partial charge in [-0.15, -0.1) is 11.3 Å². The minimum absolute atomic E-state index is 0.0311. The minimum Gasteiger partial charge on any atom is -0.511 e. The van der Waals surface area contributed by atoms with E-state index in [1.54, 1.807) is 0 Å². The Morgan fingerprint density at radius 1 is 1.24 bits per heavy atom. The first-order valence-corrected chi connectivity index (χ1v) is 9.56. The van der Waals surface area contributed by atoms with Crippen molar-refractivity contribution in [1.82, 2.24) is 15.3 Å². The smallest absolute Gasteiger partial charge is 0.265 e. The molecule has 3 N–H and O–H groups in total. The van der Waals surface area contributed by atoms with Crippen molar-refractivity contribution in [2.75, 3.05) is 5.32 Å². The summed E-state index contributed by atoms with van der Waals surface area (Å²) in [4.78, 5) is 33.1. The van der Waals surface area contributed by atoms with Crippen LogP contribution in [0.5, 0.6) is 0 Å². The average molecular weight is 410 g/mol. The van der Waals surface area contributed by atoms with Crippen molar-refractivity contribution < 1.29 is 19.1 Å². The van der Waals surface area contributed by atoms with Crippen LogP contribution < -0.4 is 10.6 Å². The predicted molar refractivity (Wildman–Crippen MR) is 106 cm³/mol. The number of aliphatic hydroxyl groups is 1. The molecule has 0 saturated carbocycles. The van der Waals surface area contributed by atoms with Crippen LogP contribution >= 0.6 is 11.3 Å². The van der Waals surface area contributed by atoms with E-state index in [1.165, 1.54) is 17.4 Å². The third-order valence-corrected chi connectivity index (χ3v) is 5.22. The van der Waals surface area contributed by atoms with Crippen molar-refractivity contribution in [2.45, 2.75) is 12.5 Å². The summed E-state index contributed by atoms with van der Waals surface area (Å²) in [5, 5.41) is 18.0. The van der Waals surface area contributed by atoms with E-state index >= 15 is 0 Å². The first-order valence-electron chi connectivity index (χ1n) is 8.68. The summed E-state index contributed by atoms with van der Waals surface area (Å²) < 4.78 is 12.9. The number of pyridine rings is 1. The number of hydrogen-bond donors (Lipinski definition) is 3. The Morgan fingerprint density at radius 2 is 2.03 bits per heavy atom. The molecule has 1 aliphatic rings. The van der Waals surface area contributed by atoms with Crippen molar-refractivity contribution in [1.29, 1.82) is 0 Å². The number of aromatic nitrogens is 2. The van der Waals surface area contributed by atoms with Gasteiger partial charge >= 0.3 is 0 Å². The summed E-state index contributed by atoms with van der Waals surface area (Å²) in [5.74, 6) is -2.36. The molecule has 0 saturated heterocycles. The van der Waals surface area contributed by atoms with Gasteiger partial charge in [-0.05, 0) is 12.1 Å². The van der Waals surface area contributed by atoms with E-state index in [0.29, 0.717) is 5.69 Å². The van der Waals surface area contributed by atoms with Crippen molar-refractivity contribution in [2.24, 2.45) is 0 Å². The molecule has 1 atom stereocenters. The van der Waals surface area contributed by atoms with E-state index in [1.807, 2.05) is 35.7 Å². The second kappa shape index (κ2) is 7.80. The summed E-state index contributed by atoms with van der Waals surface area (Å²) in [6, 6.07) is 11.4. The van der Waals surface area contributed by atoms with E-state index < -0.39 is 29.2 Å². The number of aliphatic hydroxyl groups excluding tert-OH is 1. The number of amides is 2. The maximum absolute atomic E-state index is 12.9. The number of anilines is 1. The number of benzene rings is 1. The quantitative estimate of drug-likeness (QED) is 0.572. The van der Waals surface area contributed by atoms with Crippen LogP contribution in [0.1, 0.15) is 18.2 Å². The normalized spacial score (nSPS) is 16.4. The molecule has 0 spiro atoms. The molecule has 1 unspecified atom stereocenters. The first kappa shape index (κ1) is 18.8. The Hall–Kier alpha value is -3.59. The molecule has 146 valence electrons. The molecule has 3 heterocycles. The molecule has 0 radical (unpaired) electrons. The first-order chi connectivity index (χ1) is 14.0. The summed E-state index contributed by atoms with van der Waals surface area (Å²) in [7, 11) is 0. The number of thiazole rings is 1. The minimum atomic E-state index is -0.819. The van der Waals surface area contributed by atoms with Crippen LogP contribution in [-0.2, 0) is 9.59 Å². The summed E-state index contributed by atoms with van der Waals surface area (Å²) in [6.45, 7) is 0. The van der Waals surface area contributed by atoms with Crippen LogP contribution in [0.2, 0.25) is 0 Å². The van der Waals surface area contributed by atoms with E-state index in [0.717, 1.165) is 22.8 Å². The van der Waals surface area contributed by atoms with Crippen molar-refractivity contribution >= 4 is 29.0 Å². The summed E-state index contributed by atoms with van der Waals surface area (Å²) in [6.07, 6.45) is 0.969. The molecule has 3 aromatic rings. The lowest BCUT2D eigenvalue weighted by molar-refractivity contribution is -0.123. The van der Waals surface area contributed by atoms with Gasteiger partial charge in [-0.25, -0.2) is 14.4 Å². The summed E-state index contributed by atoms with van der Waals surface area (Å²) in [5.41, 5.74) is 1.16. The SMILES string of the molecule is O=C(Nc1ccc(F)cn1)C1=C(O)CC(c2csc(-c3ccccc3)n2)NC1=O. The van der Waals surface area contributed by atoms with Crippen LogP contribution in [-0.4, -0.2) is 26.9 Å². The van der Waals surface area contributed by atoms with Gasteiger partial charge in [-0.2, -0.15) is 0 Å². The fraction of sp³-hybridized carbons (Fsp3) is 0.100. The third-order valence-electron chi connectivity index (χ3n) is 4.31. The second-order valence-electron chi connectivity index (χ2n) is 6.31. The lowest BCUT2D eigenvalue weighted by Crippen LogP contribution is -2.39. The van der Waals surface area contributed by atoms with E-state index in [4.69, 9.17) is 0 Å². The number of nitrogens with zero attached hydrogens (tertiary/aromatic N) is 2.